The van der Waals surface area contributed by atoms with E-state index in [0.29, 0.717) is 17.9 Å². The minimum absolute atomic E-state index is 0.0951. The van der Waals surface area contributed by atoms with Crippen molar-refractivity contribution in [1.29, 1.82) is 0 Å². The molecule has 0 saturated heterocycles. The number of nitrogens with one attached hydrogen (secondary N) is 1. The summed E-state index contributed by atoms with van der Waals surface area (Å²) in [4.78, 5) is 14.1. The number of nitrogens with zero attached hydrogens (tertiary/aromatic N) is 1. The highest BCUT2D eigenvalue weighted by molar-refractivity contribution is 5.94. The second-order valence-corrected chi connectivity index (χ2v) is 8.47. The van der Waals surface area contributed by atoms with E-state index in [1.54, 1.807) is 4.90 Å². The highest BCUT2D eigenvalue weighted by Crippen LogP contribution is 2.63. The van der Waals surface area contributed by atoms with E-state index >= 15 is 0 Å². The number of carbonyl (C=O) groups is 1. The fourth-order valence-corrected chi connectivity index (χ4v) is 5.87. The molecule has 2 saturated carbocycles. The number of hydrogen-bond donors (Lipinski definition) is 1. The summed E-state index contributed by atoms with van der Waals surface area (Å²) in [6.45, 7) is 0. The van der Waals surface area contributed by atoms with Gasteiger partial charge in [0.05, 0.1) is 6.04 Å². The normalized spacial score (nSPS) is 31.1. The summed E-state index contributed by atoms with van der Waals surface area (Å²) in [5.41, 5.74) is 4.81. The zero-order valence-electron chi connectivity index (χ0n) is 15.5. The number of benzene rings is 2. The molecule has 2 fully saturated rings. The highest BCUT2D eigenvalue weighted by Gasteiger charge is 2.53. The summed E-state index contributed by atoms with van der Waals surface area (Å²) < 4.78 is 0. The van der Waals surface area contributed by atoms with Crippen molar-refractivity contribution < 1.29 is 4.79 Å². The first-order valence-corrected chi connectivity index (χ1v) is 9.80. The Balaban J connectivity index is 1.60. The molecule has 0 spiro atoms. The van der Waals surface area contributed by atoms with E-state index < -0.39 is 0 Å². The molecular weight excluding hydrogens is 320 g/mol. The molecule has 5 rings (SSSR count). The fourth-order valence-electron chi connectivity index (χ4n) is 5.87. The van der Waals surface area contributed by atoms with Gasteiger partial charge in [0.2, 0.25) is 0 Å². The molecule has 3 aliphatic rings. The molecule has 1 amide bonds. The van der Waals surface area contributed by atoms with Gasteiger partial charge in [-0.2, -0.15) is 0 Å². The van der Waals surface area contributed by atoms with Crippen molar-refractivity contribution in [2.75, 3.05) is 19.4 Å². The fraction of sp³-hybridized carbons (Fsp3) is 0.435. The third-order valence-corrected chi connectivity index (χ3v) is 6.90. The summed E-state index contributed by atoms with van der Waals surface area (Å²) in [6.07, 6.45) is 4.06. The third kappa shape index (κ3) is 2.29. The monoisotopic (exact) mass is 346 g/mol. The second kappa shape index (κ2) is 5.87. The van der Waals surface area contributed by atoms with Gasteiger partial charge in [-0.25, -0.2) is 0 Å². The van der Waals surface area contributed by atoms with Crippen LogP contribution >= 0.6 is 0 Å². The molecule has 3 nitrogen and oxygen atoms in total. The molecule has 2 bridgehead atoms. The number of anilines is 1. The van der Waals surface area contributed by atoms with Gasteiger partial charge in [-0.15, -0.1) is 0 Å². The molecule has 1 aliphatic heterocycles. The SMILES string of the molecule is CN(C)C(=O)c1ccc2c(c1)[C@@H]1[C@H]3CC[C@@H](C3)[C@H]1[C@H](c1ccccc1)N2. The van der Waals surface area contributed by atoms with E-state index in [0.717, 1.165) is 17.4 Å². The van der Waals surface area contributed by atoms with Crippen LogP contribution in [-0.2, 0) is 0 Å². The Morgan fingerprint density at radius 2 is 1.81 bits per heavy atom. The summed E-state index contributed by atoms with van der Waals surface area (Å²) in [5, 5.41) is 3.84. The van der Waals surface area contributed by atoms with Crippen molar-refractivity contribution in [3.05, 3.63) is 65.2 Å². The predicted molar refractivity (Wildman–Crippen MR) is 104 cm³/mol. The van der Waals surface area contributed by atoms with Gasteiger partial charge in [0.15, 0.2) is 0 Å². The molecule has 0 aromatic heterocycles. The van der Waals surface area contributed by atoms with Crippen LogP contribution in [0.25, 0.3) is 0 Å². The molecule has 2 aromatic carbocycles. The lowest BCUT2D eigenvalue weighted by molar-refractivity contribution is 0.0827. The molecule has 5 atom stereocenters. The van der Waals surface area contributed by atoms with Gasteiger partial charge in [0.1, 0.15) is 0 Å². The molecule has 0 radical (unpaired) electrons. The van der Waals surface area contributed by atoms with Crippen molar-refractivity contribution in [3.8, 4) is 0 Å². The Morgan fingerprint density at radius 3 is 2.58 bits per heavy atom. The van der Waals surface area contributed by atoms with E-state index in [9.17, 15) is 4.79 Å². The Morgan fingerprint density at radius 1 is 1.04 bits per heavy atom. The predicted octanol–water partition coefficient (Wildman–Crippen LogP) is 4.68. The van der Waals surface area contributed by atoms with Crippen LogP contribution in [0, 0.1) is 17.8 Å². The van der Waals surface area contributed by atoms with Crippen molar-refractivity contribution in [2.45, 2.75) is 31.2 Å². The first-order chi connectivity index (χ1) is 12.6. The number of carbonyl (C=O) groups excluding carboxylic acids is 1. The second-order valence-electron chi connectivity index (χ2n) is 8.47. The van der Waals surface area contributed by atoms with Crippen molar-refractivity contribution in [1.82, 2.24) is 4.90 Å². The van der Waals surface area contributed by atoms with Gasteiger partial charge < -0.3 is 10.2 Å². The molecule has 0 unspecified atom stereocenters. The van der Waals surface area contributed by atoms with E-state index in [2.05, 4.69) is 47.8 Å². The van der Waals surface area contributed by atoms with Crippen LogP contribution in [0.15, 0.2) is 48.5 Å². The molecule has 3 heteroatoms. The average Bonchev–Trinajstić information content (AvgIpc) is 3.29. The summed E-state index contributed by atoms with van der Waals surface area (Å²) in [5.74, 6) is 2.92. The Bertz CT molecular complexity index is 845. The Kier molecular flexibility index (Phi) is 3.59. The standard InChI is InChI=1S/C23H26N2O/c1-25(2)23(26)17-10-11-19-18(13-17)20-15-8-9-16(12-15)21(20)22(24-19)14-6-4-3-5-7-14/h3-7,10-11,13,15-16,20-22,24H,8-9,12H2,1-2H3/t15-,16-,20-,21+,22-/m0/s1. The molecule has 2 aliphatic carbocycles. The van der Waals surface area contributed by atoms with Gasteiger partial charge in [0, 0.05) is 25.3 Å². The van der Waals surface area contributed by atoms with Gasteiger partial charge in [-0.3, -0.25) is 4.79 Å². The maximum atomic E-state index is 12.5. The minimum Gasteiger partial charge on any atom is -0.378 e. The van der Waals surface area contributed by atoms with E-state index in [1.165, 1.54) is 36.1 Å². The maximum absolute atomic E-state index is 12.5. The molecule has 1 heterocycles. The smallest absolute Gasteiger partial charge is 0.253 e. The first kappa shape index (κ1) is 15.9. The number of amides is 1. The van der Waals surface area contributed by atoms with Crippen LogP contribution in [0.3, 0.4) is 0 Å². The number of hydrogen-bond acceptors (Lipinski definition) is 2. The van der Waals surface area contributed by atoms with Crippen molar-refractivity contribution in [3.63, 3.8) is 0 Å². The van der Waals surface area contributed by atoms with Gasteiger partial charge in [0.25, 0.3) is 5.91 Å². The molecule has 26 heavy (non-hydrogen) atoms. The maximum Gasteiger partial charge on any atom is 0.253 e. The zero-order valence-corrected chi connectivity index (χ0v) is 15.5. The lowest BCUT2D eigenvalue weighted by atomic mass is 9.68. The van der Waals surface area contributed by atoms with Crippen molar-refractivity contribution in [2.24, 2.45) is 17.8 Å². The largest absolute Gasteiger partial charge is 0.378 e. The van der Waals surface area contributed by atoms with Crippen molar-refractivity contribution >= 4 is 11.6 Å². The van der Waals surface area contributed by atoms with E-state index in [4.69, 9.17) is 0 Å². The topological polar surface area (TPSA) is 32.3 Å². The average molecular weight is 346 g/mol. The molecule has 134 valence electrons. The van der Waals surface area contributed by atoms with Gasteiger partial charge >= 0.3 is 0 Å². The third-order valence-electron chi connectivity index (χ3n) is 6.90. The summed E-state index contributed by atoms with van der Waals surface area (Å²) >= 11 is 0. The van der Waals surface area contributed by atoms with Crippen LogP contribution < -0.4 is 5.32 Å². The first-order valence-electron chi connectivity index (χ1n) is 9.80. The van der Waals surface area contributed by atoms with Crippen LogP contribution in [0.4, 0.5) is 5.69 Å². The Hall–Kier alpha value is -2.29. The minimum atomic E-state index is 0.0951. The zero-order chi connectivity index (χ0) is 17.8. The summed E-state index contributed by atoms with van der Waals surface area (Å²) in [7, 11) is 3.65. The summed E-state index contributed by atoms with van der Waals surface area (Å²) in [6, 6.07) is 17.6. The van der Waals surface area contributed by atoms with Crippen LogP contribution in [0.5, 0.6) is 0 Å². The molecule has 1 N–H and O–H groups in total. The van der Waals surface area contributed by atoms with E-state index in [-0.39, 0.29) is 5.91 Å². The van der Waals surface area contributed by atoms with Crippen LogP contribution in [-0.4, -0.2) is 24.9 Å². The molecular formula is C23H26N2O. The van der Waals surface area contributed by atoms with E-state index in [1.807, 2.05) is 20.2 Å². The van der Waals surface area contributed by atoms with Gasteiger partial charge in [-0.1, -0.05) is 30.3 Å². The lowest BCUT2D eigenvalue weighted by Gasteiger charge is -2.43. The Labute approximate surface area is 155 Å². The molecule has 2 aromatic rings. The number of rotatable bonds is 2. The van der Waals surface area contributed by atoms with Crippen LogP contribution in [0.2, 0.25) is 0 Å². The number of fused-ring (bicyclic) bond motifs is 7. The van der Waals surface area contributed by atoms with Crippen LogP contribution in [0.1, 0.15) is 52.7 Å². The highest BCUT2D eigenvalue weighted by atomic mass is 16.2. The quantitative estimate of drug-likeness (QED) is 0.856. The lowest BCUT2D eigenvalue weighted by Crippen LogP contribution is -2.35. The van der Waals surface area contributed by atoms with Gasteiger partial charge in [-0.05, 0) is 72.3 Å².